The Balaban J connectivity index is 1.58. The number of pyridine rings is 1. The van der Waals surface area contributed by atoms with Crippen molar-refractivity contribution in [2.24, 2.45) is 0 Å². The zero-order chi connectivity index (χ0) is 16.8. The second kappa shape index (κ2) is 5.37. The van der Waals surface area contributed by atoms with E-state index in [2.05, 4.69) is 48.1 Å². The molecule has 24 heavy (non-hydrogen) atoms. The first-order chi connectivity index (χ1) is 11.5. The second-order valence-corrected chi connectivity index (χ2v) is 6.58. The molecule has 1 aliphatic rings. The van der Waals surface area contributed by atoms with Gasteiger partial charge in [0.05, 0.1) is 11.9 Å². The lowest BCUT2D eigenvalue weighted by atomic mass is 10.0. The number of aromatic amines is 1. The normalized spacial score (nSPS) is 19.4. The Morgan fingerprint density at radius 1 is 1.21 bits per heavy atom. The van der Waals surface area contributed by atoms with Crippen LogP contribution in [-0.4, -0.2) is 19.6 Å². The zero-order valence-electron chi connectivity index (χ0n) is 13.7. The minimum Gasteiger partial charge on any atom is -0.493 e. The smallest absolute Gasteiger partial charge is 0.328 e. The van der Waals surface area contributed by atoms with Crippen molar-refractivity contribution in [3.05, 3.63) is 69.9 Å². The molecular formula is C19H19N3O2. The van der Waals surface area contributed by atoms with E-state index in [0.717, 1.165) is 23.2 Å². The fourth-order valence-electron chi connectivity index (χ4n) is 3.43. The lowest BCUT2D eigenvalue weighted by molar-refractivity contribution is 0.413. The van der Waals surface area contributed by atoms with E-state index in [0.29, 0.717) is 0 Å². The summed E-state index contributed by atoms with van der Waals surface area (Å²) >= 11 is 0. The van der Waals surface area contributed by atoms with E-state index in [1.807, 2.05) is 12.3 Å². The Morgan fingerprint density at radius 2 is 1.96 bits per heavy atom. The maximum atomic E-state index is 11.7. The van der Waals surface area contributed by atoms with Gasteiger partial charge in [-0.15, -0.1) is 0 Å². The van der Waals surface area contributed by atoms with Crippen LogP contribution in [0.3, 0.4) is 0 Å². The second-order valence-electron chi connectivity index (χ2n) is 6.58. The largest absolute Gasteiger partial charge is 0.493 e. The number of imidazole rings is 1. The Bertz CT molecular complexity index is 933. The van der Waals surface area contributed by atoms with E-state index in [-0.39, 0.29) is 23.5 Å². The Kier molecular flexibility index (Phi) is 3.30. The molecule has 0 bridgehead atoms. The standard InChI is InChI=1S/C19H19N3O2/c1-11-5-12(2)7-14(6-11)16-4-3-13(9-20-16)15-8-17(15)22-18(23)10-21-19(22)24/h3-7,9-10,15,17,23H,8H2,1-2H3,(H,21,24)/t15-,17+/m1/s1. The van der Waals surface area contributed by atoms with Crippen LogP contribution in [-0.2, 0) is 0 Å². The molecule has 1 fully saturated rings. The van der Waals surface area contributed by atoms with Gasteiger partial charge in [0.1, 0.15) is 0 Å². The molecule has 0 radical (unpaired) electrons. The average molecular weight is 321 g/mol. The van der Waals surface area contributed by atoms with Gasteiger partial charge in [0, 0.05) is 23.7 Å². The van der Waals surface area contributed by atoms with Crippen molar-refractivity contribution in [2.45, 2.75) is 32.2 Å². The molecule has 1 aliphatic carbocycles. The minimum atomic E-state index is -0.264. The summed E-state index contributed by atoms with van der Waals surface area (Å²) in [5.74, 6) is 0.220. The van der Waals surface area contributed by atoms with Crippen LogP contribution in [0.2, 0.25) is 0 Å². The minimum absolute atomic E-state index is 0.00712. The number of benzene rings is 1. The summed E-state index contributed by atoms with van der Waals surface area (Å²) in [6.45, 7) is 4.17. The highest BCUT2D eigenvalue weighted by Crippen LogP contribution is 2.51. The molecule has 0 saturated heterocycles. The van der Waals surface area contributed by atoms with Gasteiger partial charge in [-0.2, -0.15) is 0 Å². The quantitative estimate of drug-likeness (QED) is 0.777. The summed E-state index contributed by atoms with van der Waals surface area (Å²) in [7, 11) is 0. The maximum absolute atomic E-state index is 11.7. The van der Waals surface area contributed by atoms with Crippen LogP contribution in [0.5, 0.6) is 5.88 Å². The highest BCUT2D eigenvalue weighted by atomic mass is 16.3. The molecule has 0 amide bonds. The highest BCUT2D eigenvalue weighted by molar-refractivity contribution is 5.61. The van der Waals surface area contributed by atoms with Crippen molar-refractivity contribution in [1.29, 1.82) is 0 Å². The predicted molar refractivity (Wildman–Crippen MR) is 92.3 cm³/mol. The van der Waals surface area contributed by atoms with Gasteiger partial charge in [0.2, 0.25) is 5.88 Å². The molecule has 5 heteroatoms. The van der Waals surface area contributed by atoms with E-state index >= 15 is 0 Å². The average Bonchev–Trinajstić information content (AvgIpc) is 3.25. The summed E-state index contributed by atoms with van der Waals surface area (Å²) in [5.41, 5.74) is 5.34. The lowest BCUT2D eigenvalue weighted by Gasteiger charge is -2.06. The van der Waals surface area contributed by atoms with E-state index in [1.54, 1.807) is 0 Å². The third kappa shape index (κ3) is 2.52. The van der Waals surface area contributed by atoms with Gasteiger partial charge in [-0.3, -0.25) is 9.55 Å². The van der Waals surface area contributed by atoms with Crippen LogP contribution in [0.1, 0.15) is 35.1 Å². The summed E-state index contributed by atoms with van der Waals surface area (Å²) < 4.78 is 1.42. The molecule has 2 N–H and O–H groups in total. The number of aryl methyl sites for hydroxylation is 2. The summed E-state index contributed by atoms with van der Waals surface area (Å²) in [6.07, 6.45) is 4.06. The van der Waals surface area contributed by atoms with Gasteiger partial charge < -0.3 is 10.1 Å². The fraction of sp³-hybridized carbons (Fsp3) is 0.263. The van der Waals surface area contributed by atoms with Gasteiger partial charge in [-0.25, -0.2) is 4.79 Å². The zero-order valence-corrected chi connectivity index (χ0v) is 13.7. The van der Waals surface area contributed by atoms with Crippen LogP contribution in [0, 0.1) is 13.8 Å². The summed E-state index contributed by atoms with van der Waals surface area (Å²) in [4.78, 5) is 18.8. The van der Waals surface area contributed by atoms with E-state index in [1.165, 1.54) is 21.9 Å². The van der Waals surface area contributed by atoms with Crippen molar-refractivity contribution >= 4 is 0 Å². The molecule has 0 unspecified atom stereocenters. The molecule has 4 rings (SSSR count). The first kappa shape index (κ1) is 14.8. The van der Waals surface area contributed by atoms with Crippen molar-refractivity contribution < 1.29 is 5.11 Å². The first-order valence-electron chi connectivity index (χ1n) is 8.06. The Labute approximate surface area is 139 Å². The molecule has 1 aromatic carbocycles. The molecule has 2 heterocycles. The SMILES string of the molecule is Cc1cc(C)cc(-c2ccc([C@H]3C[C@@H]3n3c(O)c[nH]c3=O)cn2)c1. The Morgan fingerprint density at radius 3 is 2.54 bits per heavy atom. The van der Waals surface area contributed by atoms with Gasteiger partial charge in [-0.05, 0) is 44.0 Å². The number of aromatic hydroxyl groups is 1. The maximum Gasteiger partial charge on any atom is 0.328 e. The predicted octanol–water partition coefficient (Wildman–Crippen LogP) is 3.29. The fourth-order valence-corrected chi connectivity index (χ4v) is 3.43. The topological polar surface area (TPSA) is 70.9 Å². The summed E-state index contributed by atoms with van der Waals surface area (Å²) in [6, 6.07) is 10.5. The third-order valence-electron chi connectivity index (χ3n) is 4.61. The van der Waals surface area contributed by atoms with E-state index in [4.69, 9.17) is 0 Å². The van der Waals surface area contributed by atoms with Gasteiger partial charge in [0.25, 0.3) is 0 Å². The number of nitrogens with one attached hydrogen (secondary N) is 1. The number of rotatable bonds is 3. The van der Waals surface area contributed by atoms with Crippen molar-refractivity contribution in [1.82, 2.24) is 14.5 Å². The molecule has 122 valence electrons. The van der Waals surface area contributed by atoms with Crippen molar-refractivity contribution in [3.63, 3.8) is 0 Å². The molecule has 0 spiro atoms. The van der Waals surface area contributed by atoms with Crippen LogP contribution in [0.4, 0.5) is 0 Å². The van der Waals surface area contributed by atoms with Crippen LogP contribution in [0.15, 0.2) is 47.5 Å². The summed E-state index contributed by atoms with van der Waals surface area (Å²) in [5, 5.41) is 9.77. The lowest BCUT2D eigenvalue weighted by Crippen LogP contribution is -2.15. The third-order valence-corrected chi connectivity index (χ3v) is 4.61. The Hall–Kier alpha value is -2.82. The number of hydrogen-bond donors (Lipinski definition) is 2. The molecule has 2 atom stereocenters. The molecule has 0 aliphatic heterocycles. The number of aromatic nitrogens is 3. The number of H-pyrrole nitrogens is 1. The number of hydrogen-bond acceptors (Lipinski definition) is 3. The van der Waals surface area contributed by atoms with Crippen LogP contribution in [0.25, 0.3) is 11.3 Å². The highest BCUT2D eigenvalue weighted by Gasteiger charge is 2.42. The molecular weight excluding hydrogens is 302 g/mol. The van der Waals surface area contributed by atoms with Crippen molar-refractivity contribution in [3.8, 4) is 17.1 Å². The van der Waals surface area contributed by atoms with Gasteiger partial charge >= 0.3 is 5.69 Å². The molecule has 5 nitrogen and oxygen atoms in total. The van der Waals surface area contributed by atoms with Gasteiger partial charge in [-0.1, -0.05) is 23.3 Å². The van der Waals surface area contributed by atoms with Crippen LogP contribution >= 0.6 is 0 Å². The molecule has 2 aromatic heterocycles. The first-order valence-corrected chi connectivity index (χ1v) is 8.06. The number of nitrogens with zero attached hydrogens (tertiary/aromatic N) is 2. The van der Waals surface area contributed by atoms with E-state index in [9.17, 15) is 9.90 Å². The molecule has 3 aromatic rings. The monoisotopic (exact) mass is 321 g/mol. The van der Waals surface area contributed by atoms with Crippen LogP contribution < -0.4 is 5.69 Å². The van der Waals surface area contributed by atoms with E-state index < -0.39 is 0 Å². The molecule has 1 saturated carbocycles. The van der Waals surface area contributed by atoms with Gasteiger partial charge in [0.15, 0.2) is 0 Å². The van der Waals surface area contributed by atoms with Crippen molar-refractivity contribution in [2.75, 3.05) is 0 Å².